The van der Waals surface area contributed by atoms with Crippen molar-refractivity contribution in [3.63, 3.8) is 0 Å². The fourth-order valence-electron chi connectivity index (χ4n) is 5.40. The minimum Gasteiger partial charge on any atom is -0.384 e. The lowest BCUT2D eigenvalue weighted by Gasteiger charge is -2.30. The summed E-state index contributed by atoms with van der Waals surface area (Å²) in [6, 6.07) is 24.9. The Hall–Kier alpha value is -3.63. The standard InChI is InChI=1S/C28H25N3O/c1-30(19-12-14-21-20-8-3-4-9-22(20)27(32)24(21)16-19)28(29)31(2)25-15-11-18-7-5-6-17-10-13-23(25)26(17)18/h3-9,11-12,14-16,27,29,32H,10,13H2,1-2H3. The van der Waals surface area contributed by atoms with Crippen molar-refractivity contribution in [2.45, 2.75) is 18.9 Å². The molecule has 2 aliphatic rings. The quantitative estimate of drug-likeness (QED) is 0.333. The van der Waals surface area contributed by atoms with E-state index in [-0.39, 0.29) is 0 Å². The second-order valence-corrected chi connectivity index (χ2v) is 8.78. The molecule has 4 aromatic rings. The Morgan fingerprint density at radius 2 is 1.66 bits per heavy atom. The third-order valence-corrected chi connectivity index (χ3v) is 7.12. The summed E-state index contributed by atoms with van der Waals surface area (Å²) in [7, 11) is 3.89. The van der Waals surface area contributed by atoms with Gasteiger partial charge in [0.15, 0.2) is 0 Å². The van der Waals surface area contributed by atoms with E-state index in [1.165, 1.54) is 21.9 Å². The van der Waals surface area contributed by atoms with Crippen molar-refractivity contribution < 1.29 is 5.11 Å². The van der Waals surface area contributed by atoms with Crippen molar-refractivity contribution in [1.82, 2.24) is 0 Å². The van der Waals surface area contributed by atoms with E-state index in [1.807, 2.05) is 54.2 Å². The Labute approximate surface area is 187 Å². The van der Waals surface area contributed by atoms with E-state index in [2.05, 4.69) is 42.5 Å². The molecule has 0 spiro atoms. The van der Waals surface area contributed by atoms with Gasteiger partial charge in [0.1, 0.15) is 6.10 Å². The number of benzene rings is 4. The molecule has 0 amide bonds. The topological polar surface area (TPSA) is 50.6 Å². The zero-order valence-electron chi connectivity index (χ0n) is 18.3. The van der Waals surface area contributed by atoms with Crippen LogP contribution in [0.1, 0.15) is 28.4 Å². The van der Waals surface area contributed by atoms with Crippen molar-refractivity contribution in [3.05, 3.63) is 95.1 Å². The van der Waals surface area contributed by atoms with Gasteiger partial charge in [0.2, 0.25) is 5.96 Å². The summed E-state index contributed by atoms with van der Waals surface area (Å²) < 4.78 is 0. The van der Waals surface area contributed by atoms with Crippen LogP contribution in [-0.2, 0) is 12.8 Å². The Balaban J connectivity index is 1.34. The molecule has 0 saturated carbocycles. The summed E-state index contributed by atoms with van der Waals surface area (Å²) in [5.41, 5.74) is 8.73. The number of rotatable bonds is 2. The Bertz CT molecular complexity index is 1410. The predicted molar refractivity (Wildman–Crippen MR) is 132 cm³/mol. The van der Waals surface area contributed by atoms with Gasteiger partial charge in [0.25, 0.3) is 0 Å². The molecule has 0 aromatic heterocycles. The number of nitrogens with zero attached hydrogens (tertiary/aromatic N) is 2. The SMILES string of the molecule is CN(C(=N)N(C)c1ccc2cccc3c2c1CC3)c1ccc2c(c1)C(O)c1ccccc1-2. The van der Waals surface area contributed by atoms with Crippen molar-refractivity contribution in [3.8, 4) is 11.1 Å². The number of aryl methyl sites for hydroxylation is 2. The number of hydrogen-bond donors (Lipinski definition) is 2. The van der Waals surface area contributed by atoms with Gasteiger partial charge in [-0.25, -0.2) is 0 Å². The summed E-state index contributed by atoms with van der Waals surface area (Å²) in [6.45, 7) is 0. The van der Waals surface area contributed by atoms with E-state index < -0.39 is 6.10 Å². The summed E-state index contributed by atoms with van der Waals surface area (Å²) in [4.78, 5) is 3.85. The number of guanidine groups is 1. The second kappa shape index (κ2) is 6.94. The first-order valence-corrected chi connectivity index (χ1v) is 11.1. The van der Waals surface area contributed by atoms with Gasteiger partial charge >= 0.3 is 0 Å². The normalized spacial score (nSPS) is 15.5. The molecule has 0 fully saturated rings. The number of hydrogen-bond acceptors (Lipinski definition) is 2. The van der Waals surface area contributed by atoms with Crippen LogP contribution in [0.2, 0.25) is 0 Å². The van der Waals surface area contributed by atoms with Gasteiger partial charge in [-0.3, -0.25) is 5.41 Å². The van der Waals surface area contributed by atoms with E-state index >= 15 is 0 Å². The van der Waals surface area contributed by atoms with E-state index in [0.717, 1.165) is 46.5 Å². The Morgan fingerprint density at radius 1 is 0.844 bits per heavy atom. The summed E-state index contributed by atoms with van der Waals surface area (Å²) in [5.74, 6) is 0.398. The van der Waals surface area contributed by atoms with Gasteiger partial charge in [-0.15, -0.1) is 0 Å². The van der Waals surface area contributed by atoms with Crippen LogP contribution in [0, 0.1) is 5.41 Å². The van der Waals surface area contributed by atoms with Crippen molar-refractivity contribution in [1.29, 1.82) is 5.41 Å². The molecule has 0 radical (unpaired) electrons. The van der Waals surface area contributed by atoms with Crippen molar-refractivity contribution in [2.75, 3.05) is 23.9 Å². The Morgan fingerprint density at radius 3 is 2.53 bits per heavy atom. The smallest absolute Gasteiger partial charge is 0.202 e. The van der Waals surface area contributed by atoms with Crippen LogP contribution in [0.25, 0.3) is 21.9 Å². The van der Waals surface area contributed by atoms with Crippen molar-refractivity contribution in [2.24, 2.45) is 0 Å². The summed E-state index contributed by atoms with van der Waals surface area (Å²) in [6.07, 6.45) is 1.45. The second-order valence-electron chi connectivity index (χ2n) is 8.78. The highest BCUT2D eigenvalue weighted by Gasteiger charge is 2.28. The van der Waals surface area contributed by atoms with Gasteiger partial charge in [-0.05, 0) is 75.2 Å². The lowest BCUT2D eigenvalue weighted by Crippen LogP contribution is -2.40. The van der Waals surface area contributed by atoms with Gasteiger partial charge in [0.05, 0.1) is 0 Å². The maximum Gasteiger partial charge on any atom is 0.202 e. The van der Waals surface area contributed by atoms with Crippen LogP contribution >= 0.6 is 0 Å². The van der Waals surface area contributed by atoms with Gasteiger partial charge in [0, 0.05) is 25.5 Å². The highest BCUT2D eigenvalue weighted by molar-refractivity contribution is 6.07. The number of aliphatic hydroxyl groups excluding tert-OH is 1. The molecule has 4 heteroatoms. The zero-order valence-corrected chi connectivity index (χ0v) is 18.3. The lowest BCUT2D eigenvalue weighted by molar-refractivity contribution is 0.225. The molecule has 4 aromatic carbocycles. The highest BCUT2D eigenvalue weighted by Crippen LogP contribution is 2.44. The Kier molecular flexibility index (Phi) is 4.14. The third kappa shape index (κ3) is 2.63. The van der Waals surface area contributed by atoms with Crippen LogP contribution in [0.4, 0.5) is 11.4 Å². The van der Waals surface area contributed by atoms with Crippen LogP contribution < -0.4 is 9.80 Å². The van der Waals surface area contributed by atoms with Gasteiger partial charge in [-0.1, -0.05) is 54.6 Å². The minimum atomic E-state index is -0.624. The molecular formula is C28H25N3O. The number of anilines is 2. The molecule has 32 heavy (non-hydrogen) atoms. The van der Waals surface area contributed by atoms with E-state index in [1.54, 1.807) is 0 Å². The molecule has 158 valence electrons. The van der Waals surface area contributed by atoms with Crippen LogP contribution in [-0.4, -0.2) is 25.2 Å². The fourth-order valence-corrected chi connectivity index (χ4v) is 5.40. The third-order valence-electron chi connectivity index (χ3n) is 7.12. The molecule has 1 atom stereocenters. The van der Waals surface area contributed by atoms with Gasteiger partial charge < -0.3 is 14.9 Å². The van der Waals surface area contributed by atoms with E-state index in [9.17, 15) is 5.11 Å². The average molecular weight is 420 g/mol. The molecule has 6 rings (SSSR count). The van der Waals surface area contributed by atoms with Crippen LogP contribution in [0.5, 0.6) is 0 Å². The van der Waals surface area contributed by atoms with E-state index in [4.69, 9.17) is 5.41 Å². The average Bonchev–Trinajstić information content (AvgIpc) is 3.39. The van der Waals surface area contributed by atoms with Crippen LogP contribution in [0.15, 0.2) is 72.8 Å². The molecule has 0 saturated heterocycles. The highest BCUT2D eigenvalue weighted by atomic mass is 16.3. The van der Waals surface area contributed by atoms with E-state index in [0.29, 0.717) is 5.96 Å². The number of nitrogens with one attached hydrogen (secondary N) is 1. The number of aliphatic hydroxyl groups is 1. The molecule has 2 N–H and O–H groups in total. The molecule has 0 bridgehead atoms. The summed E-state index contributed by atoms with van der Waals surface area (Å²) in [5, 5.41) is 22.4. The molecule has 1 unspecified atom stereocenters. The minimum absolute atomic E-state index is 0.398. The first-order valence-electron chi connectivity index (χ1n) is 11.1. The van der Waals surface area contributed by atoms with Crippen LogP contribution in [0.3, 0.4) is 0 Å². The molecule has 4 nitrogen and oxygen atoms in total. The maximum atomic E-state index is 10.9. The lowest BCUT2D eigenvalue weighted by atomic mass is 10.0. The van der Waals surface area contributed by atoms with Gasteiger partial charge in [-0.2, -0.15) is 0 Å². The first kappa shape index (κ1) is 19.1. The predicted octanol–water partition coefficient (Wildman–Crippen LogP) is 5.51. The number of fused-ring (bicyclic) bond motifs is 3. The molecule has 0 aliphatic heterocycles. The molecule has 0 heterocycles. The monoisotopic (exact) mass is 419 g/mol. The molecule has 2 aliphatic carbocycles. The molecular weight excluding hydrogens is 394 g/mol. The maximum absolute atomic E-state index is 10.9. The fraction of sp³-hybridized carbons (Fsp3) is 0.179. The zero-order chi connectivity index (χ0) is 22.0. The first-order chi connectivity index (χ1) is 15.5. The van der Waals surface area contributed by atoms with Crippen molar-refractivity contribution >= 4 is 28.1 Å². The summed E-state index contributed by atoms with van der Waals surface area (Å²) >= 11 is 0. The largest absolute Gasteiger partial charge is 0.384 e.